The molecule has 7 heavy (non-hydrogen) atoms. The van der Waals surface area contributed by atoms with E-state index in [4.69, 9.17) is 10.2 Å². The maximum Gasteiger partial charge on any atom is 0.215 e. The van der Waals surface area contributed by atoms with Gasteiger partial charge < -0.3 is 14.9 Å². The number of rotatable bonds is 0. The predicted molar refractivity (Wildman–Crippen MR) is 21.1 cm³/mol. The van der Waals surface area contributed by atoms with Crippen molar-refractivity contribution in [2.75, 3.05) is 6.61 Å². The van der Waals surface area contributed by atoms with Gasteiger partial charge in [-0.05, 0) is 0 Å². The van der Waals surface area contributed by atoms with E-state index in [1.165, 1.54) is 0 Å². The summed E-state index contributed by atoms with van der Waals surface area (Å²) in [6.07, 6.45) is -1.68. The zero-order valence-corrected chi connectivity index (χ0v) is 3.66. The zero-order valence-electron chi connectivity index (χ0n) is 3.66. The molecule has 1 aliphatic rings. The van der Waals surface area contributed by atoms with Crippen LogP contribution in [0.15, 0.2) is 0 Å². The van der Waals surface area contributed by atoms with E-state index in [0.29, 0.717) is 0 Å². The average molecular weight is 105 g/mol. The molecule has 0 amide bonds. The Hall–Kier alpha value is -0.160. The summed E-state index contributed by atoms with van der Waals surface area (Å²) in [6, 6.07) is 0. The van der Waals surface area contributed by atoms with Crippen LogP contribution in [0.25, 0.3) is 0 Å². The van der Waals surface area contributed by atoms with Crippen LogP contribution in [0.3, 0.4) is 0 Å². The number of hydrogen-bond donors (Lipinski definition) is 3. The fourth-order valence-electron chi connectivity index (χ4n) is 0.443. The summed E-state index contributed by atoms with van der Waals surface area (Å²) < 4.78 is 4.46. The van der Waals surface area contributed by atoms with Gasteiger partial charge >= 0.3 is 0 Å². The van der Waals surface area contributed by atoms with Crippen molar-refractivity contribution >= 4 is 0 Å². The molecule has 0 aromatic carbocycles. The van der Waals surface area contributed by atoms with Gasteiger partial charge in [-0.15, -0.1) is 0 Å². The first-order chi connectivity index (χ1) is 3.29. The summed E-state index contributed by atoms with van der Waals surface area (Å²) in [5, 5.41) is 19.2. The predicted octanol–water partition coefficient (Wildman–Crippen LogP) is -1.80. The van der Waals surface area contributed by atoms with Gasteiger partial charge in [-0.25, -0.2) is 5.32 Å². The van der Waals surface area contributed by atoms with E-state index < -0.39 is 12.6 Å². The molecule has 1 fully saturated rings. The smallest absolute Gasteiger partial charge is 0.215 e. The topological polar surface area (TPSA) is 61.7 Å². The fraction of sp³-hybridized carbons (Fsp3) is 1.00. The number of aliphatic hydroxyl groups is 2. The first-order valence-electron chi connectivity index (χ1n) is 2.03. The molecular weight excluding hydrogens is 98.0 g/mol. The third-order valence-corrected chi connectivity index (χ3v) is 0.747. The standard InChI is InChI=1S/C3H7NO3/c5-2-1-7-3(6)4-2/h2-6H,1H2. The molecule has 42 valence electrons. The highest BCUT2D eigenvalue weighted by Gasteiger charge is 2.18. The molecule has 2 atom stereocenters. The van der Waals surface area contributed by atoms with E-state index in [1.54, 1.807) is 0 Å². The lowest BCUT2D eigenvalue weighted by Gasteiger charge is -1.97. The van der Waals surface area contributed by atoms with Crippen molar-refractivity contribution in [2.45, 2.75) is 12.6 Å². The van der Waals surface area contributed by atoms with E-state index in [0.717, 1.165) is 0 Å². The van der Waals surface area contributed by atoms with Crippen LogP contribution < -0.4 is 5.32 Å². The molecule has 4 nitrogen and oxygen atoms in total. The first-order valence-corrected chi connectivity index (χ1v) is 2.03. The minimum Gasteiger partial charge on any atom is -0.376 e. The van der Waals surface area contributed by atoms with Crippen LogP contribution in [0.4, 0.5) is 0 Å². The lowest BCUT2D eigenvalue weighted by atomic mass is 10.6. The highest BCUT2D eigenvalue weighted by molar-refractivity contribution is 4.56. The van der Waals surface area contributed by atoms with Gasteiger partial charge in [0.1, 0.15) is 6.23 Å². The Morgan fingerprint density at radius 3 is 2.43 bits per heavy atom. The van der Waals surface area contributed by atoms with Crippen molar-refractivity contribution in [2.24, 2.45) is 0 Å². The highest BCUT2D eigenvalue weighted by atomic mass is 16.6. The van der Waals surface area contributed by atoms with E-state index in [2.05, 4.69) is 10.1 Å². The summed E-state index contributed by atoms with van der Waals surface area (Å²) in [7, 11) is 0. The van der Waals surface area contributed by atoms with E-state index in [1.807, 2.05) is 0 Å². The molecule has 0 radical (unpaired) electrons. The Kier molecular flexibility index (Phi) is 1.25. The Morgan fingerprint density at radius 1 is 1.57 bits per heavy atom. The second-order valence-electron chi connectivity index (χ2n) is 1.37. The molecule has 0 aromatic rings. The molecule has 1 rings (SSSR count). The zero-order chi connectivity index (χ0) is 5.28. The largest absolute Gasteiger partial charge is 0.376 e. The second kappa shape index (κ2) is 1.75. The van der Waals surface area contributed by atoms with Gasteiger partial charge in [-0.3, -0.25) is 0 Å². The monoisotopic (exact) mass is 105 g/mol. The van der Waals surface area contributed by atoms with E-state index in [9.17, 15) is 0 Å². The van der Waals surface area contributed by atoms with Crippen LogP contribution in [0, 0.1) is 0 Å². The van der Waals surface area contributed by atoms with Crippen LogP contribution in [-0.4, -0.2) is 29.5 Å². The molecule has 1 saturated heterocycles. The van der Waals surface area contributed by atoms with Crippen LogP contribution in [0.2, 0.25) is 0 Å². The normalized spacial score (nSPS) is 42.0. The number of nitrogens with one attached hydrogen (secondary N) is 1. The molecule has 0 aliphatic carbocycles. The van der Waals surface area contributed by atoms with Gasteiger partial charge in [0.15, 0.2) is 0 Å². The molecule has 2 unspecified atom stereocenters. The molecular formula is C3H7NO3. The van der Waals surface area contributed by atoms with Crippen molar-refractivity contribution in [3.63, 3.8) is 0 Å². The molecule has 0 spiro atoms. The molecule has 1 aliphatic heterocycles. The maximum absolute atomic E-state index is 8.50. The number of hydrogen-bond acceptors (Lipinski definition) is 4. The Bertz CT molecular complexity index is 59.2. The third kappa shape index (κ3) is 1.10. The van der Waals surface area contributed by atoms with Gasteiger partial charge in [-0.1, -0.05) is 0 Å². The first kappa shape index (κ1) is 4.99. The molecule has 0 aromatic heterocycles. The Labute approximate surface area is 40.7 Å². The molecule has 3 N–H and O–H groups in total. The van der Waals surface area contributed by atoms with Gasteiger partial charge in [0.25, 0.3) is 0 Å². The molecule has 0 bridgehead atoms. The van der Waals surface area contributed by atoms with Crippen LogP contribution in [0.1, 0.15) is 0 Å². The summed E-state index contributed by atoms with van der Waals surface area (Å²) in [4.78, 5) is 0. The lowest BCUT2D eigenvalue weighted by molar-refractivity contribution is -0.0719. The minimum atomic E-state index is -0.977. The summed E-state index contributed by atoms with van der Waals surface area (Å²) in [6.45, 7) is 0.168. The van der Waals surface area contributed by atoms with Gasteiger partial charge in [0.2, 0.25) is 6.41 Å². The molecule has 0 saturated carbocycles. The lowest BCUT2D eigenvalue weighted by Crippen LogP contribution is -2.29. The molecule has 4 heteroatoms. The quantitative estimate of drug-likeness (QED) is 0.340. The average Bonchev–Trinajstić information content (AvgIpc) is 1.87. The van der Waals surface area contributed by atoms with Crippen LogP contribution in [-0.2, 0) is 4.74 Å². The van der Waals surface area contributed by atoms with Gasteiger partial charge in [0, 0.05) is 0 Å². The van der Waals surface area contributed by atoms with Crippen molar-refractivity contribution in [3.8, 4) is 0 Å². The van der Waals surface area contributed by atoms with E-state index in [-0.39, 0.29) is 6.61 Å². The van der Waals surface area contributed by atoms with Crippen molar-refractivity contribution < 1.29 is 14.9 Å². The summed E-state index contributed by atoms with van der Waals surface area (Å²) in [5.74, 6) is 0. The second-order valence-corrected chi connectivity index (χ2v) is 1.37. The number of aliphatic hydroxyl groups excluding tert-OH is 2. The van der Waals surface area contributed by atoms with Gasteiger partial charge in [0.05, 0.1) is 6.61 Å². The van der Waals surface area contributed by atoms with Crippen molar-refractivity contribution in [3.05, 3.63) is 0 Å². The van der Waals surface area contributed by atoms with Crippen molar-refractivity contribution in [1.29, 1.82) is 0 Å². The Balaban J connectivity index is 2.26. The summed E-state index contributed by atoms with van der Waals surface area (Å²) >= 11 is 0. The highest BCUT2D eigenvalue weighted by Crippen LogP contribution is 1.94. The fourth-order valence-corrected chi connectivity index (χ4v) is 0.443. The van der Waals surface area contributed by atoms with Crippen LogP contribution >= 0.6 is 0 Å². The van der Waals surface area contributed by atoms with E-state index >= 15 is 0 Å². The van der Waals surface area contributed by atoms with Crippen molar-refractivity contribution in [1.82, 2.24) is 5.32 Å². The molecule has 1 heterocycles. The maximum atomic E-state index is 8.50. The Morgan fingerprint density at radius 2 is 2.29 bits per heavy atom. The minimum absolute atomic E-state index is 0.168. The SMILES string of the molecule is OC1COC(O)N1. The van der Waals surface area contributed by atoms with Gasteiger partial charge in [-0.2, -0.15) is 0 Å². The van der Waals surface area contributed by atoms with Crippen LogP contribution in [0.5, 0.6) is 0 Å². The number of ether oxygens (including phenoxy) is 1. The third-order valence-electron chi connectivity index (χ3n) is 0.747. The summed E-state index contributed by atoms with van der Waals surface area (Å²) in [5.41, 5.74) is 0.